The van der Waals surface area contributed by atoms with Crippen LogP contribution in [0.3, 0.4) is 0 Å². The molecule has 37 heavy (non-hydrogen) atoms. The fourth-order valence-electron chi connectivity index (χ4n) is 3.58. The van der Waals surface area contributed by atoms with Crippen LogP contribution in [-0.2, 0) is 23.1 Å². The summed E-state index contributed by atoms with van der Waals surface area (Å²) in [5.41, 5.74) is 2.37. The molecule has 10 heteroatoms. The lowest BCUT2D eigenvalue weighted by molar-refractivity contribution is 0.357. The Morgan fingerprint density at radius 3 is 2.38 bits per heavy atom. The van der Waals surface area contributed by atoms with E-state index in [1.54, 1.807) is 43.7 Å². The summed E-state index contributed by atoms with van der Waals surface area (Å²) in [5, 5.41) is 1.17. The van der Waals surface area contributed by atoms with Crippen molar-refractivity contribution >= 4 is 56.7 Å². The van der Waals surface area contributed by atoms with E-state index in [-0.39, 0.29) is 18.0 Å². The van der Waals surface area contributed by atoms with Crippen LogP contribution in [-0.4, -0.2) is 26.0 Å². The second kappa shape index (κ2) is 11.7. The Morgan fingerprint density at radius 2 is 1.68 bits per heavy atom. The first kappa shape index (κ1) is 27.2. The van der Waals surface area contributed by atoms with Gasteiger partial charge in [0.2, 0.25) is 10.0 Å². The fraction of sp³-hybridized carbons (Fsp3) is 0.148. The smallest absolute Gasteiger partial charge is 0.243 e. The Kier molecular flexibility index (Phi) is 8.62. The molecule has 0 aliphatic rings. The number of hydrogen-bond acceptors (Lipinski definition) is 5. The van der Waals surface area contributed by atoms with Crippen LogP contribution in [0.2, 0.25) is 15.1 Å². The molecule has 4 aromatic rings. The lowest BCUT2D eigenvalue weighted by atomic mass is 10.2. The van der Waals surface area contributed by atoms with Crippen molar-refractivity contribution in [3.8, 4) is 5.75 Å². The molecule has 1 aromatic heterocycles. The predicted molar refractivity (Wildman–Crippen MR) is 148 cm³/mol. The number of methoxy groups -OCH3 is 1. The van der Waals surface area contributed by atoms with Crippen molar-refractivity contribution < 1.29 is 17.6 Å². The number of sulfonamides is 1. The van der Waals surface area contributed by atoms with Crippen molar-refractivity contribution in [1.82, 2.24) is 4.31 Å². The molecule has 1 heterocycles. The highest BCUT2D eigenvalue weighted by Crippen LogP contribution is 2.29. The van der Waals surface area contributed by atoms with Gasteiger partial charge in [0.15, 0.2) is 0 Å². The molecule has 0 saturated carbocycles. The maximum Gasteiger partial charge on any atom is 0.243 e. The molecule has 192 valence electrons. The molecule has 0 unspecified atom stereocenters. The van der Waals surface area contributed by atoms with E-state index in [1.807, 2.05) is 25.1 Å². The molecule has 0 N–H and O–H groups in total. The van der Waals surface area contributed by atoms with Gasteiger partial charge in [-0.3, -0.25) is 0 Å². The number of furan rings is 1. The number of benzene rings is 3. The lowest BCUT2D eigenvalue weighted by Gasteiger charge is -2.22. The van der Waals surface area contributed by atoms with Gasteiger partial charge in [-0.1, -0.05) is 46.9 Å². The molecule has 6 nitrogen and oxygen atoms in total. The van der Waals surface area contributed by atoms with E-state index in [1.165, 1.54) is 28.6 Å². The average molecular weight is 578 g/mol. The van der Waals surface area contributed by atoms with Crippen molar-refractivity contribution in [1.29, 1.82) is 0 Å². The quantitative estimate of drug-likeness (QED) is 0.191. The van der Waals surface area contributed by atoms with E-state index in [2.05, 4.69) is 4.99 Å². The van der Waals surface area contributed by atoms with Gasteiger partial charge in [0.05, 0.1) is 34.8 Å². The van der Waals surface area contributed by atoms with Gasteiger partial charge in [0.25, 0.3) is 0 Å². The molecule has 0 amide bonds. The van der Waals surface area contributed by atoms with E-state index < -0.39 is 10.0 Å². The molecule has 3 aromatic carbocycles. The molecule has 0 saturated heterocycles. The van der Waals surface area contributed by atoms with Crippen LogP contribution in [0.4, 0.5) is 5.69 Å². The molecule has 0 fully saturated rings. The Morgan fingerprint density at radius 1 is 0.919 bits per heavy atom. The summed E-state index contributed by atoms with van der Waals surface area (Å²) in [5.74, 6) is 1.54. The molecule has 0 atom stereocenters. The topological polar surface area (TPSA) is 72.1 Å². The Hall–Kier alpha value is -2.81. The Labute approximate surface area is 231 Å². The molecule has 0 aliphatic carbocycles. The molecular formula is C27H23Cl3N2O4S. The second-order valence-corrected chi connectivity index (χ2v) is 11.4. The molecule has 4 rings (SSSR count). The minimum Gasteiger partial charge on any atom is -0.494 e. The van der Waals surface area contributed by atoms with Crippen LogP contribution in [0.15, 0.2) is 87.1 Å². The first-order chi connectivity index (χ1) is 17.7. The van der Waals surface area contributed by atoms with Gasteiger partial charge in [0, 0.05) is 11.6 Å². The standard InChI is InChI=1S/C27H23Cl3N2O4S/c1-18-3-12-27(35-2)26(13-18)31-15-21-7-8-22(36-21)17-32(16-19-4-11-24(29)25(30)14-19)37(33,34)23-9-5-20(28)6-10-23/h3-15H,16-17H2,1-2H3. The van der Waals surface area contributed by atoms with E-state index in [0.29, 0.717) is 43.6 Å². The van der Waals surface area contributed by atoms with Crippen LogP contribution >= 0.6 is 34.8 Å². The molecule has 0 bridgehead atoms. The average Bonchev–Trinajstić information content (AvgIpc) is 3.32. The van der Waals surface area contributed by atoms with Crippen molar-refractivity contribution in [3.63, 3.8) is 0 Å². The zero-order valence-corrected chi connectivity index (χ0v) is 23.1. The van der Waals surface area contributed by atoms with E-state index in [0.717, 1.165) is 5.56 Å². The third-order valence-electron chi connectivity index (χ3n) is 5.47. The first-order valence-corrected chi connectivity index (χ1v) is 13.7. The van der Waals surface area contributed by atoms with Crippen molar-refractivity contribution in [2.45, 2.75) is 24.9 Å². The summed E-state index contributed by atoms with van der Waals surface area (Å²) in [6.45, 7) is 1.99. The van der Waals surface area contributed by atoms with E-state index >= 15 is 0 Å². The zero-order chi connectivity index (χ0) is 26.6. The van der Waals surface area contributed by atoms with Gasteiger partial charge in [-0.15, -0.1) is 0 Å². The monoisotopic (exact) mass is 576 g/mol. The van der Waals surface area contributed by atoms with Gasteiger partial charge in [-0.25, -0.2) is 13.4 Å². The fourth-order valence-corrected chi connectivity index (χ4v) is 5.42. The highest BCUT2D eigenvalue weighted by molar-refractivity contribution is 7.89. The van der Waals surface area contributed by atoms with Crippen molar-refractivity contribution in [2.24, 2.45) is 4.99 Å². The van der Waals surface area contributed by atoms with E-state index in [9.17, 15) is 8.42 Å². The highest BCUT2D eigenvalue weighted by Gasteiger charge is 2.26. The summed E-state index contributed by atoms with van der Waals surface area (Å²) in [6, 6.07) is 20.1. The lowest BCUT2D eigenvalue weighted by Crippen LogP contribution is -2.30. The number of ether oxygens (including phenoxy) is 1. The van der Waals surface area contributed by atoms with Crippen LogP contribution in [0.25, 0.3) is 0 Å². The number of aryl methyl sites for hydroxylation is 1. The maximum absolute atomic E-state index is 13.6. The van der Waals surface area contributed by atoms with Gasteiger partial charge in [0.1, 0.15) is 23.0 Å². The van der Waals surface area contributed by atoms with Crippen LogP contribution in [0, 0.1) is 6.92 Å². The minimum absolute atomic E-state index is 0.0210. The predicted octanol–water partition coefficient (Wildman–Crippen LogP) is 7.70. The SMILES string of the molecule is COc1ccc(C)cc1N=Cc1ccc(CN(Cc2ccc(Cl)c(Cl)c2)S(=O)(=O)c2ccc(Cl)cc2)o1. The van der Waals surface area contributed by atoms with Gasteiger partial charge >= 0.3 is 0 Å². The van der Waals surface area contributed by atoms with Gasteiger partial charge in [-0.05, 0) is 78.7 Å². The summed E-state index contributed by atoms with van der Waals surface area (Å²) < 4.78 is 39.7. The molecule has 0 spiro atoms. The highest BCUT2D eigenvalue weighted by atomic mass is 35.5. The number of aliphatic imine (C=N–C) groups is 1. The molecule has 0 aliphatic heterocycles. The first-order valence-electron chi connectivity index (χ1n) is 11.1. The maximum atomic E-state index is 13.6. The number of rotatable bonds is 9. The van der Waals surface area contributed by atoms with Crippen molar-refractivity contribution in [2.75, 3.05) is 7.11 Å². The Balaban J connectivity index is 1.62. The molecular weight excluding hydrogens is 555 g/mol. The minimum atomic E-state index is -3.91. The van der Waals surface area contributed by atoms with Crippen LogP contribution in [0.5, 0.6) is 5.75 Å². The summed E-state index contributed by atoms with van der Waals surface area (Å²) in [7, 11) is -2.33. The number of nitrogens with zero attached hydrogens (tertiary/aromatic N) is 2. The zero-order valence-electron chi connectivity index (χ0n) is 20.0. The number of halogens is 3. The Bertz CT molecular complexity index is 1530. The largest absolute Gasteiger partial charge is 0.494 e. The van der Waals surface area contributed by atoms with Crippen LogP contribution in [0.1, 0.15) is 22.6 Å². The van der Waals surface area contributed by atoms with Crippen molar-refractivity contribution in [3.05, 3.63) is 111 Å². The van der Waals surface area contributed by atoms with E-state index in [4.69, 9.17) is 44.0 Å². The van der Waals surface area contributed by atoms with Crippen LogP contribution < -0.4 is 4.74 Å². The third-order valence-corrected chi connectivity index (χ3v) is 8.27. The normalized spacial score (nSPS) is 11.9. The summed E-state index contributed by atoms with van der Waals surface area (Å²) in [4.78, 5) is 4.58. The third kappa shape index (κ3) is 6.74. The van der Waals surface area contributed by atoms with Gasteiger partial charge < -0.3 is 9.15 Å². The summed E-state index contributed by atoms with van der Waals surface area (Å²) in [6.07, 6.45) is 1.57. The van der Waals surface area contributed by atoms with Gasteiger partial charge in [-0.2, -0.15) is 4.31 Å². The second-order valence-electron chi connectivity index (χ2n) is 8.21. The molecule has 0 radical (unpaired) electrons. The summed E-state index contributed by atoms with van der Waals surface area (Å²) >= 11 is 18.2. The number of hydrogen-bond donors (Lipinski definition) is 0.